The second-order valence-corrected chi connectivity index (χ2v) is 7.16. The molecule has 3 nitrogen and oxygen atoms in total. The summed E-state index contributed by atoms with van der Waals surface area (Å²) in [5.41, 5.74) is 1.34. The van der Waals surface area contributed by atoms with Crippen LogP contribution in [0.4, 0.5) is 0 Å². The van der Waals surface area contributed by atoms with Crippen molar-refractivity contribution >= 4 is 5.91 Å². The Bertz CT molecular complexity index is 515. The van der Waals surface area contributed by atoms with Gasteiger partial charge < -0.3 is 4.90 Å². The van der Waals surface area contributed by atoms with E-state index < -0.39 is 0 Å². The van der Waals surface area contributed by atoms with Gasteiger partial charge in [-0.1, -0.05) is 43.2 Å². The number of benzene rings is 1. The predicted molar refractivity (Wildman–Crippen MR) is 87.7 cm³/mol. The number of nitrogens with zero attached hydrogens (tertiary/aromatic N) is 2. The summed E-state index contributed by atoms with van der Waals surface area (Å²) in [5, 5.41) is 0. The van der Waals surface area contributed by atoms with E-state index >= 15 is 0 Å². The Labute approximate surface area is 133 Å². The quantitative estimate of drug-likeness (QED) is 0.856. The maximum atomic E-state index is 12.7. The lowest BCUT2D eigenvalue weighted by Gasteiger charge is -2.38. The average Bonchev–Trinajstić information content (AvgIpc) is 3.20. The molecule has 22 heavy (non-hydrogen) atoms. The van der Waals surface area contributed by atoms with E-state index in [1.54, 1.807) is 0 Å². The summed E-state index contributed by atoms with van der Waals surface area (Å²) in [7, 11) is 0. The fraction of sp³-hybridized carbons (Fsp3) is 0.632. The van der Waals surface area contributed by atoms with Crippen LogP contribution in [0.15, 0.2) is 30.3 Å². The van der Waals surface area contributed by atoms with E-state index in [1.807, 2.05) is 6.07 Å². The maximum absolute atomic E-state index is 12.7. The van der Waals surface area contributed by atoms with Gasteiger partial charge in [0.25, 0.3) is 0 Å². The lowest BCUT2D eigenvalue weighted by molar-refractivity contribution is -0.134. The molecule has 0 aromatic heterocycles. The van der Waals surface area contributed by atoms with Crippen LogP contribution in [0.1, 0.15) is 43.6 Å². The van der Waals surface area contributed by atoms with Crippen molar-refractivity contribution in [2.45, 2.75) is 44.1 Å². The van der Waals surface area contributed by atoms with Gasteiger partial charge in [-0.2, -0.15) is 0 Å². The van der Waals surface area contributed by atoms with Crippen molar-refractivity contribution in [2.24, 2.45) is 5.92 Å². The minimum absolute atomic E-state index is 0.250. The minimum Gasteiger partial charge on any atom is -0.340 e. The lowest BCUT2D eigenvalue weighted by Crippen LogP contribution is -2.51. The summed E-state index contributed by atoms with van der Waals surface area (Å²) >= 11 is 0. The third-order valence-electron chi connectivity index (χ3n) is 5.80. The molecule has 1 saturated heterocycles. The topological polar surface area (TPSA) is 23.6 Å². The standard InChI is InChI=1S/C19H26N2O/c22-19(18-14-17(18)15-6-2-1-3-7-15)21-12-10-20(11-13-21)16-8-4-5-9-16/h1-3,6-7,16-18H,4-5,8-14H2/t17-,18+/m1/s1. The van der Waals surface area contributed by atoms with Crippen molar-refractivity contribution in [3.05, 3.63) is 35.9 Å². The van der Waals surface area contributed by atoms with Crippen LogP contribution in [-0.4, -0.2) is 47.9 Å². The predicted octanol–water partition coefficient (Wildman–Crippen LogP) is 2.88. The first kappa shape index (κ1) is 14.3. The first-order valence-electron chi connectivity index (χ1n) is 8.91. The number of hydrogen-bond donors (Lipinski definition) is 0. The second kappa shape index (κ2) is 6.04. The Kier molecular flexibility index (Phi) is 3.91. The van der Waals surface area contributed by atoms with Crippen LogP contribution in [0.2, 0.25) is 0 Å². The molecule has 1 heterocycles. The molecule has 0 N–H and O–H groups in total. The molecule has 0 unspecified atom stereocenters. The molecule has 0 spiro atoms. The highest BCUT2D eigenvalue weighted by molar-refractivity contribution is 5.83. The molecule has 1 aromatic rings. The molecular weight excluding hydrogens is 272 g/mol. The molecule has 2 atom stereocenters. The van der Waals surface area contributed by atoms with Crippen LogP contribution in [0.5, 0.6) is 0 Å². The van der Waals surface area contributed by atoms with E-state index in [0.29, 0.717) is 11.8 Å². The third kappa shape index (κ3) is 2.79. The fourth-order valence-corrected chi connectivity index (χ4v) is 4.35. The van der Waals surface area contributed by atoms with Crippen LogP contribution in [0.25, 0.3) is 0 Å². The van der Waals surface area contributed by atoms with E-state index in [-0.39, 0.29) is 5.92 Å². The maximum Gasteiger partial charge on any atom is 0.226 e. The van der Waals surface area contributed by atoms with Crippen molar-refractivity contribution in [1.82, 2.24) is 9.80 Å². The number of hydrogen-bond acceptors (Lipinski definition) is 2. The zero-order valence-electron chi connectivity index (χ0n) is 13.3. The van der Waals surface area contributed by atoms with Gasteiger partial charge in [-0.25, -0.2) is 0 Å². The van der Waals surface area contributed by atoms with Gasteiger partial charge in [0, 0.05) is 38.1 Å². The summed E-state index contributed by atoms with van der Waals surface area (Å²) in [6.45, 7) is 4.04. The summed E-state index contributed by atoms with van der Waals surface area (Å²) in [6.07, 6.45) is 6.57. The van der Waals surface area contributed by atoms with Gasteiger partial charge in [-0.05, 0) is 30.7 Å². The van der Waals surface area contributed by atoms with Gasteiger partial charge in [0.1, 0.15) is 0 Å². The zero-order chi connectivity index (χ0) is 14.9. The molecule has 118 valence electrons. The summed E-state index contributed by atoms with van der Waals surface area (Å²) in [6, 6.07) is 11.3. The highest BCUT2D eigenvalue weighted by Crippen LogP contribution is 2.48. The summed E-state index contributed by atoms with van der Waals surface area (Å²) in [5.74, 6) is 1.13. The van der Waals surface area contributed by atoms with Crippen molar-refractivity contribution < 1.29 is 4.79 Å². The molecule has 1 aliphatic heterocycles. The Hall–Kier alpha value is -1.35. The number of carbonyl (C=O) groups is 1. The first-order chi connectivity index (χ1) is 10.8. The largest absolute Gasteiger partial charge is 0.340 e. The van der Waals surface area contributed by atoms with Gasteiger partial charge in [0.2, 0.25) is 5.91 Å². The first-order valence-corrected chi connectivity index (χ1v) is 8.91. The molecule has 0 bridgehead atoms. The average molecular weight is 298 g/mol. The van der Waals surface area contributed by atoms with Crippen molar-refractivity contribution in [2.75, 3.05) is 26.2 Å². The van der Waals surface area contributed by atoms with Crippen LogP contribution < -0.4 is 0 Å². The third-order valence-corrected chi connectivity index (χ3v) is 5.80. The molecule has 0 radical (unpaired) electrons. The van der Waals surface area contributed by atoms with Crippen LogP contribution in [0, 0.1) is 5.92 Å². The van der Waals surface area contributed by atoms with Gasteiger partial charge in [-0.3, -0.25) is 9.69 Å². The summed E-state index contributed by atoms with van der Waals surface area (Å²) in [4.78, 5) is 17.4. The molecule has 1 aromatic carbocycles. The van der Waals surface area contributed by atoms with Gasteiger partial charge in [-0.15, -0.1) is 0 Å². The molecule has 3 aliphatic rings. The van der Waals surface area contributed by atoms with Crippen molar-refractivity contribution in [1.29, 1.82) is 0 Å². The van der Waals surface area contributed by atoms with Crippen LogP contribution >= 0.6 is 0 Å². The van der Waals surface area contributed by atoms with E-state index in [1.165, 1.54) is 31.2 Å². The van der Waals surface area contributed by atoms with Crippen LogP contribution in [-0.2, 0) is 4.79 Å². The zero-order valence-corrected chi connectivity index (χ0v) is 13.3. The van der Waals surface area contributed by atoms with E-state index in [4.69, 9.17) is 0 Å². The monoisotopic (exact) mass is 298 g/mol. The Morgan fingerprint density at radius 2 is 1.64 bits per heavy atom. The van der Waals surface area contributed by atoms with E-state index in [9.17, 15) is 4.79 Å². The van der Waals surface area contributed by atoms with E-state index in [2.05, 4.69) is 34.1 Å². The highest BCUT2D eigenvalue weighted by atomic mass is 16.2. The second-order valence-electron chi connectivity index (χ2n) is 7.16. The smallest absolute Gasteiger partial charge is 0.226 e. The molecular formula is C19H26N2O. The molecule has 3 heteroatoms. The van der Waals surface area contributed by atoms with Crippen molar-refractivity contribution in [3.8, 4) is 0 Å². The van der Waals surface area contributed by atoms with Gasteiger partial charge in [0.15, 0.2) is 0 Å². The normalized spacial score (nSPS) is 29.7. The highest BCUT2D eigenvalue weighted by Gasteiger charge is 2.46. The molecule has 4 rings (SSSR count). The van der Waals surface area contributed by atoms with Crippen molar-refractivity contribution in [3.63, 3.8) is 0 Å². The molecule has 1 amide bonds. The molecule has 2 saturated carbocycles. The Morgan fingerprint density at radius 3 is 2.32 bits per heavy atom. The molecule has 3 fully saturated rings. The number of rotatable bonds is 3. The van der Waals surface area contributed by atoms with Gasteiger partial charge in [0.05, 0.1) is 0 Å². The fourth-order valence-electron chi connectivity index (χ4n) is 4.35. The minimum atomic E-state index is 0.250. The Morgan fingerprint density at radius 1 is 0.955 bits per heavy atom. The Balaban J connectivity index is 1.30. The van der Waals surface area contributed by atoms with Gasteiger partial charge >= 0.3 is 0 Å². The van der Waals surface area contributed by atoms with E-state index in [0.717, 1.165) is 38.6 Å². The number of piperazine rings is 1. The summed E-state index contributed by atoms with van der Waals surface area (Å²) < 4.78 is 0. The SMILES string of the molecule is O=C([C@H]1C[C@@H]1c1ccccc1)N1CCN(C2CCCC2)CC1. The molecule has 2 aliphatic carbocycles. The lowest BCUT2D eigenvalue weighted by atomic mass is 10.1. The van der Waals surface area contributed by atoms with Crippen LogP contribution in [0.3, 0.4) is 0 Å². The number of carbonyl (C=O) groups excluding carboxylic acids is 1. The number of amides is 1.